The van der Waals surface area contributed by atoms with Crippen molar-refractivity contribution in [3.8, 4) is 0 Å². The molecule has 3 aromatic rings. The molecule has 0 bridgehead atoms. The number of imidazole rings is 1. The topological polar surface area (TPSA) is 73.6 Å². The lowest BCUT2D eigenvalue weighted by molar-refractivity contribution is 0.0600. The number of esters is 1. The van der Waals surface area contributed by atoms with E-state index in [9.17, 15) is 9.59 Å². The maximum absolute atomic E-state index is 11.4. The van der Waals surface area contributed by atoms with Gasteiger partial charge >= 0.3 is 5.97 Å². The molecule has 3 rings (SSSR count). The van der Waals surface area contributed by atoms with Gasteiger partial charge in [0.25, 0.3) is 0 Å². The van der Waals surface area contributed by atoms with Crippen LogP contribution in [0.3, 0.4) is 0 Å². The number of aldehydes is 1. The van der Waals surface area contributed by atoms with Gasteiger partial charge in [0.15, 0.2) is 11.9 Å². The van der Waals surface area contributed by atoms with E-state index in [1.54, 1.807) is 35.1 Å². The lowest BCUT2D eigenvalue weighted by Gasteiger charge is -2.08. The Bertz CT molecular complexity index is 943. The number of benzene rings is 1. The zero-order valence-electron chi connectivity index (χ0n) is 15.8. The van der Waals surface area contributed by atoms with Crippen molar-refractivity contribution in [1.29, 1.82) is 0 Å². The summed E-state index contributed by atoms with van der Waals surface area (Å²) in [4.78, 5) is 31.2. The van der Waals surface area contributed by atoms with Gasteiger partial charge in [-0.3, -0.25) is 9.20 Å². The van der Waals surface area contributed by atoms with Crippen LogP contribution in [0.15, 0.2) is 49.4 Å². The van der Waals surface area contributed by atoms with E-state index in [0.29, 0.717) is 29.0 Å². The van der Waals surface area contributed by atoms with Crippen LogP contribution in [0.25, 0.3) is 11.2 Å². The summed E-state index contributed by atoms with van der Waals surface area (Å²) < 4.78 is 6.32. The molecule has 140 valence electrons. The van der Waals surface area contributed by atoms with Crippen LogP contribution in [0.1, 0.15) is 52.4 Å². The molecular weight excluding hydrogens is 342 g/mol. The molecule has 0 saturated carbocycles. The maximum atomic E-state index is 11.4. The van der Waals surface area contributed by atoms with Gasteiger partial charge in [0.1, 0.15) is 6.33 Å². The lowest BCUT2D eigenvalue weighted by atomic mass is 10.0. The Labute approximate surface area is 158 Å². The second kappa shape index (κ2) is 9.43. The number of fused-ring (bicyclic) bond motifs is 1. The number of carbonyl (C=O) groups is 2. The highest BCUT2D eigenvalue weighted by molar-refractivity contribution is 5.89. The molecule has 0 N–H and O–H groups in total. The molecule has 0 fully saturated rings. The average Bonchev–Trinajstić information content (AvgIpc) is 3.21. The Hall–Kier alpha value is -3.28. The zero-order valence-corrected chi connectivity index (χ0v) is 15.8. The number of carbonyl (C=O) groups excluding carboxylic acids is 2. The largest absolute Gasteiger partial charge is 0.465 e. The Morgan fingerprint density at radius 2 is 1.96 bits per heavy atom. The first-order valence-electron chi connectivity index (χ1n) is 8.76. The SMILES string of the molecule is C=C(CCc1ccc(C(=O)OC)cc1)c1cc(C=O)n2cncc2n1.CC. The number of aromatic nitrogens is 3. The second-order valence-electron chi connectivity index (χ2n) is 5.60. The molecule has 0 spiro atoms. The summed E-state index contributed by atoms with van der Waals surface area (Å²) >= 11 is 0. The number of rotatable bonds is 6. The smallest absolute Gasteiger partial charge is 0.337 e. The minimum Gasteiger partial charge on any atom is -0.465 e. The Morgan fingerprint density at radius 1 is 1.26 bits per heavy atom. The molecule has 0 saturated heterocycles. The number of hydrogen-bond donors (Lipinski definition) is 0. The van der Waals surface area contributed by atoms with Crippen molar-refractivity contribution in [2.75, 3.05) is 7.11 Å². The first-order valence-corrected chi connectivity index (χ1v) is 8.76. The quantitative estimate of drug-likeness (QED) is 0.488. The third-order valence-corrected chi connectivity index (χ3v) is 3.99. The molecule has 0 atom stereocenters. The predicted octanol–water partition coefficient (Wildman–Crippen LogP) is 4.00. The fraction of sp³-hybridized carbons (Fsp3) is 0.238. The van der Waals surface area contributed by atoms with Crippen LogP contribution in [0.5, 0.6) is 0 Å². The number of ether oxygens (including phenoxy) is 1. The second-order valence-corrected chi connectivity index (χ2v) is 5.60. The van der Waals surface area contributed by atoms with Crippen molar-refractivity contribution in [2.45, 2.75) is 26.7 Å². The fourth-order valence-corrected chi connectivity index (χ4v) is 2.56. The van der Waals surface area contributed by atoms with Crippen molar-refractivity contribution in [3.05, 3.63) is 71.9 Å². The summed E-state index contributed by atoms with van der Waals surface area (Å²) in [7, 11) is 1.36. The van der Waals surface area contributed by atoms with Crippen molar-refractivity contribution in [2.24, 2.45) is 0 Å². The van der Waals surface area contributed by atoms with Crippen LogP contribution in [-0.2, 0) is 11.2 Å². The third kappa shape index (κ3) is 4.67. The van der Waals surface area contributed by atoms with Gasteiger partial charge in [0, 0.05) is 0 Å². The molecule has 0 radical (unpaired) electrons. The average molecular weight is 365 g/mol. The summed E-state index contributed by atoms with van der Waals surface area (Å²) in [6.07, 6.45) is 5.38. The van der Waals surface area contributed by atoms with E-state index in [1.165, 1.54) is 7.11 Å². The first-order chi connectivity index (χ1) is 13.1. The molecule has 6 nitrogen and oxygen atoms in total. The molecule has 0 unspecified atom stereocenters. The van der Waals surface area contributed by atoms with Crippen molar-refractivity contribution in [1.82, 2.24) is 14.4 Å². The fourth-order valence-electron chi connectivity index (χ4n) is 2.56. The van der Waals surface area contributed by atoms with Gasteiger partial charge in [-0.1, -0.05) is 32.6 Å². The van der Waals surface area contributed by atoms with Gasteiger partial charge in [-0.25, -0.2) is 14.8 Å². The van der Waals surface area contributed by atoms with E-state index < -0.39 is 0 Å². The highest BCUT2D eigenvalue weighted by atomic mass is 16.5. The summed E-state index contributed by atoms with van der Waals surface area (Å²) in [5, 5.41) is 0. The lowest BCUT2D eigenvalue weighted by Crippen LogP contribution is -2.02. The zero-order chi connectivity index (χ0) is 19.8. The summed E-state index contributed by atoms with van der Waals surface area (Å²) in [6, 6.07) is 8.98. The van der Waals surface area contributed by atoms with Crippen LogP contribution >= 0.6 is 0 Å². The highest BCUT2D eigenvalue weighted by Gasteiger charge is 2.09. The van der Waals surface area contributed by atoms with Gasteiger partial charge in [0.05, 0.1) is 30.3 Å². The van der Waals surface area contributed by atoms with Crippen molar-refractivity contribution in [3.63, 3.8) is 0 Å². The molecule has 6 heteroatoms. The number of hydrogen-bond acceptors (Lipinski definition) is 5. The van der Waals surface area contributed by atoms with Gasteiger partial charge in [-0.2, -0.15) is 0 Å². The van der Waals surface area contributed by atoms with Gasteiger partial charge < -0.3 is 4.74 Å². The molecule has 0 aliphatic carbocycles. The third-order valence-electron chi connectivity index (χ3n) is 3.99. The molecule has 2 heterocycles. The van der Waals surface area contributed by atoms with Crippen LogP contribution in [0.4, 0.5) is 0 Å². The summed E-state index contributed by atoms with van der Waals surface area (Å²) in [5.41, 5.74) is 4.22. The molecule has 27 heavy (non-hydrogen) atoms. The Morgan fingerprint density at radius 3 is 2.59 bits per heavy atom. The van der Waals surface area contributed by atoms with Crippen LogP contribution in [0.2, 0.25) is 0 Å². The van der Waals surface area contributed by atoms with E-state index in [4.69, 9.17) is 0 Å². The molecule has 2 aromatic heterocycles. The summed E-state index contributed by atoms with van der Waals surface area (Å²) in [6.45, 7) is 8.08. The normalized spacial score (nSPS) is 10.0. The predicted molar refractivity (Wildman–Crippen MR) is 105 cm³/mol. The van der Waals surface area contributed by atoms with Gasteiger partial charge in [-0.15, -0.1) is 0 Å². The van der Waals surface area contributed by atoms with Crippen LogP contribution in [-0.4, -0.2) is 33.7 Å². The minimum atomic E-state index is -0.351. The Kier molecular flexibility index (Phi) is 7.00. The number of nitrogens with zero attached hydrogens (tertiary/aromatic N) is 3. The minimum absolute atomic E-state index is 0.351. The molecule has 0 aliphatic rings. The molecule has 0 amide bonds. The van der Waals surface area contributed by atoms with Crippen LogP contribution < -0.4 is 0 Å². The van der Waals surface area contributed by atoms with E-state index in [2.05, 4.69) is 21.3 Å². The van der Waals surface area contributed by atoms with Crippen molar-refractivity contribution < 1.29 is 14.3 Å². The van der Waals surface area contributed by atoms with Crippen molar-refractivity contribution >= 4 is 23.5 Å². The maximum Gasteiger partial charge on any atom is 0.337 e. The number of allylic oxidation sites excluding steroid dienone is 1. The highest BCUT2D eigenvalue weighted by Crippen LogP contribution is 2.19. The Balaban J connectivity index is 0.00000126. The van der Waals surface area contributed by atoms with Gasteiger partial charge in [-0.05, 0) is 42.2 Å². The van der Waals surface area contributed by atoms with Gasteiger partial charge in [0.2, 0.25) is 0 Å². The van der Waals surface area contributed by atoms with E-state index in [0.717, 1.165) is 23.8 Å². The molecular formula is C21H23N3O3. The number of methoxy groups -OCH3 is 1. The van der Waals surface area contributed by atoms with E-state index in [-0.39, 0.29) is 5.97 Å². The monoisotopic (exact) mass is 365 g/mol. The van der Waals surface area contributed by atoms with E-state index in [1.807, 2.05) is 26.0 Å². The first kappa shape index (κ1) is 20.0. The standard InChI is InChI=1S/C19H17N3O3.C2H6/c1-13(3-4-14-5-7-15(8-6-14)19(24)25-2)17-9-16(11-23)22-12-20-10-18(22)21-17;1-2/h5-12H,1,3-4H2,2H3;1-2H3. The number of aryl methyl sites for hydroxylation is 1. The molecule has 0 aliphatic heterocycles. The summed E-state index contributed by atoms with van der Waals surface area (Å²) in [5.74, 6) is -0.351. The van der Waals surface area contributed by atoms with E-state index >= 15 is 0 Å². The van der Waals surface area contributed by atoms with Crippen LogP contribution in [0, 0.1) is 0 Å². The molecule has 1 aromatic carbocycles.